The predicted octanol–water partition coefficient (Wildman–Crippen LogP) is 0.747. The first-order valence-electron chi connectivity index (χ1n) is 2.58. The summed E-state index contributed by atoms with van der Waals surface area (Å²) >= 11 is 0.838. The Balaban J connectivity index is 2.92. The molecule has 3 heteroatoms. The number of hydrogen-bond acceptors (Lipinski definition) is 2. The Kier molecular flexibility index (Phi) is 6.50. The van der Waals surface area contributed by atoms with E-state index in [-0.39, 0.29) is 0 Å². The molecule has 0 aromatic heterocycles. The van der Waals surface area contributed by atoms with Crippen LogP contribution in [0.15, 0.2) is 0 Å². The second kappa shape index (κ2) is 5.92. The third-order valence-electron chi connectivity index (χ3n) is 0.819. The summed E-state index contributed by atoms with van der Waals surface area (Å²) in [6.07, 6.45) is 0. The van der Waals surface area contributed by atoms with E-state index in [1.54, 1.807) is 7.11 Å². The van der Waals surface area contributed by atoms with Gasteiger partial charge in [-0.3, -0.25) is 0 Å². The fraction of sp³-hybridized carbons (Fsp3) is 1.00. The second-order valence-corrected chi connectivity index (χ2v) is 2.91. The van der Waals surface area contributed by atoms with Crippen LogP contribution in [0.4, 0.5) is 0 Å². The van der Waals surface area contributed by atoms with Crippen molar-refractivity contribution in [1.29, 1.82) is 0 Å². The first-order valence-corrected chi connectivity index (χ1v) is 4.05. The summed E-state index contributed by atoms with van der Waals surface area (Å²) in [6.45, 7) is 3.77. The van der Waals surface area contributed by atoms with Crippen molar-refractivity contribution in [3.63, 3.8) is 0 Å². The van der Waals surface area contributed by atoms with Crippen molar-refractivity contribution in [2.24, 2.45) is 5.92 Å². The molecule has 0 rings (SSSR count). The minimum absolute atomic E-state index is 0.553. The molecule has 0 spiro atoms. The quantitative estimate of drug-likeness (QED) is 0.708. The Morgan fingerprint density at radius 3 is 2.50 bits per heavy atom. The van der Waals surface area contributed by atoms with Crippen molar-refractivity contribution in [3.05, 3.63) is 0 Å². The second-order valence-electron chi connectivity index (χ2n) is 1.87. The van der Waals surface area contributed by atoms with E-state index in [0.717, 1.165) is 38.0 Å². The minimum atomic E-state index is 0.553. The molecule has 0 aliphatic heterocycles. The molecule has 0 aliphatic rings. The maximum absolute atomic E-state index is 5.02. The molecular weight excluding hydrogens is 271 g/mol. The third-order valence-corrected chi connectivity index (χ3v) is 1.42. The van der Waals surface area contributed by atoms with Gasteiger partial charge in [0.2, 0.25) is 0 Å². The van der Waals surface area contributed by atoms with Gasteiger partial charge in [0.05, 0.1) is 0 Å². The zero-order valence-corrected chi connectivity index (χ0v) is 8.90. The van der Waals surface area contributed by atoms with Crippen LogP contribution in [0, 0.1) is 5.92 Å². The standard InChI is InChI=1S/C5H11O2.Hf/c1-5(3-6)4-7-2;/h5H,3-4H2,1-2H3;/q-1;+1. The molecule has 0 aromatic carbocycles. The van der Waals surface area contributed by atoms with Crippen LogP contribution in [-0.2, 0) is 32.4 Å². The molecule has 0 saturated carbocycles. The van der Waals surface area contributed by atoms with Crippen LogP contribution in [0.5, 0.6) is 0 Å². The summed E-state index contributed by atoms with van der Waals surface area (Å²) in [4.78, 5) is 0. The molecule has 2 nitrogen and oxygen atoms in total. The maximum atomic E-state index is 5.02. The fourth-order valence-electron chi connectivity index (χ4n) is 0.475. The number of ether oxygens (including phenoxy) is 1. The molecule has 0 N–H and O–H groups in total. The monoisotopic (exact) mass is 283 g/mol. The van der Waals surface area contributed by atoms with E-state index in [1.165, 1.54) is 0 Å². The predicted molar refractivity (Wildman–Crippen MR) is 27.0 cm³/mol. The summed E-state index contributed by atoms with van der Waals surface area (Å²) in [7, 11) is 1.71. The van der Waals surface area contributed by atoms with Crippen LogP contribution in [0.2, 0.25) is 0 Å². The van der Waals surface area contributed by atoms with Crippen LogP contribution < -0.4 is 0 Å². The molecule has 0 aliphatic carbocycles. The van der Waals surface area contributed by atoms with Crippen molar-refractivity contribution < 1.29 is 32.4 Å². The molecule has 1 atom stereocenters. The molecule has 0 fully saturated rings. The van der Waals surface area contributed by atoms with E-state index in [9.17, 15) is 0 Å². The fourth-order valence-corrected chi connectivity index (χ4v) is 1.50. The normalized spacial score (nSPS) is 13.6. The molecule has 0 radical (unpaired) electrons. The van der Waals surface area contributed by atoms with E-state index >= 15 is 0 Å². The van der Waals surface area contributed by atoms with Gasteiger partial charge >= 0.3 is 65.6 Å². The molecular formula is C5H11HfO2. The molecule has 0 heterocycles. The molecule has 0 amide bonds. The van der Waals surface area contributed by atoms with Gasteiger partial charge in [-0.05, 0) is 0 Å². The van der Waals surface area contributed by atoms with E-state index < -0.39 is 0 Å². The Bertz CT molecular complexity index is 43.7. The van der Waals surface area contributed by atoms with Gasteiger partial charge in [0, 0.05) is 0 Å². The SMILES string of the molecule is COCC(C)C[O][Hf]. The van der Waals surface area contributed by atoms with E-state index in [0.29, 0.717) is 5.92 Å². The summed E-state index contributed by atoms with van der Waals surface area (Å²) in [6, 6.07) is 0. The number of hydrogen-bond donors (Lipinski definition) is 0. The average molecular weight is 282 g/mol. The Morgan fingerprint density at radius 1 is 1.50 bits per heavy atom. The van der Waals surface area contributed by atoms with Gasteiger partial charge in [0.25, 0.3) is 0 Å². The molecule has 0 bridgehead atoms. The Labute approximate surface area is 65.7 Å². The van der Waals surface area contributed by atoms with E-state index in [4.69, 9.17) is 7.59 Å². The van der Waals surface area contributed by atoms with Gasteiger partial charge in [0.1, 0.15) is 0 Å². The van der Waals surface area contributed by atoms with Crippen LogP contribution in [0.1, 0.15) is 6.92 Å². The zero-order chi connectivity index (χ0) is 6.41. The summed E-state index contributed by atoms with van der Waals surface area (Å²) in [5, 5.41) is 0. The Morgan fingerprint density at radius 2 is 2.12 bits per heavy atom. The first-order chi connectivity index (χ1) is 3.81. The number of methoxy groups -OCH3 is 1. The van der Waals surface area contributed by atoms with Crippen LogP contribution in [0.3, 0.4) is 0 Å². The number of rotatable bonds is 4. The van der Waals surface area contributed by atoms with Crippen molar-refractivity contribution in [3.8, 4) is 0 Å². The van der Waals surface area contributed by atoms with Crippen molar-refractivity contribution >= 4 is 0 Å². The van der Waals surface area contributed by atoms with Crippen LogP contribution in [-0.4, -0.2) is 20.3 Å². The molecule has 1 unspecified atom stereocenters. The third kappa shape index (κ3) is 4.94. The summed E-state index contributed by atoms with van der Waals surface area (Å²) in [5.41, 5.74) is 0. The van der Waals surface area contributed by atoms with Gasteiger partial charge in [-0.15, -0.1) is 0 Å². The Hall–Kier alpha value is 0.790. The van der Waals surface area contributed by atoms with Gasteiger partial charge < -0.3 is 0 Å². The molecule has 0 aromatic rings. The van der Waals surface area contributed by atoms with E-state index in [1.807, 2.05) is 0 Å². The molecule has 0 saturated heterocycles. The molecule has 47 valence electrons. The van der Waals surface area contributed by atoms with Crippen LogP contribution >= 0.6 is 0 Å². The van der Waals surface area contributed by atoms with Crippen molar-refractivity contribution in [2.75, 3.05) is 20.3 Å². The van der Waals surface area contributed by atoms with Crippen molar-refractivity contribution in [2.45, 2.75) is 6.92 Å². The van der Waals surface area contributed by atoms with Crippen LogP contribution in [0.25, 0.3) is 0 Å². The molecule has 8 heavy (non-hydrogen) atoms. The van der Waals surface area contributed by atoms with Gasteiger partial charge in [-0.1, -0.05) is 0 Å². The van der Waals surface area contributed by atoms with Crippen molar-refractivity contribution in [1.82, 2.24) is 0 Å². The van der Waals surface area contributed by atoms with Gasteiger partial charge in [-0.2, -0.15) is 0 Å². The summed E-state index contributed by atoms with van der Waals surface area (Å²) < 4.78 is 9.91. The van der Waals surface area contributed by atoms with Gasteiger partial charge in [0.15, 0.2) is 0 Å². The zero-order valence-electron chi connectivity index (χ0n) is 5.31. The first kappa shape index (κ1) is 8.79. The summed E-state index contributed by atoms with van der Waals surface area (Å²) in [5.74, 6) is 0.553. The van der Waals surface area contributed by atoms with Gasteiger partial charge in [-0.25, -0.2) is 0 Å². The van der Waals surface area contributed by atoms with E-state index in [2.05, 4.69) is 6.92 Å². The average Bonchev–Trinajstić information content (AvgIpc) is 1.68. The topological polar surface area (TPSA) is 18.5 Å².